The lowest BCUT2D eigenvalue weighted by Gasteiger charge is -2.24. The number of nitrogens with zero attached hydrogens (tertiary/aromatic N) is 1. The Morgan fingerprint density at radius 1 is 1.53 bits per heavy atom. The van der Waals surface area contributed by atoms with Gasteiger partial charge in [-0.1, -0.05) is 18.3 Å². The average molecular weight is 252 g/mol. The van der Waals surface area contributed by atoms with Gasteiger partial charge >= 0.3 is 0 Å². The third-order valence-corrected chi connectivity index (χ3v) is 2.97. The number of likely N-dealkylation sites (N-methyl/N-ethyl adjacent to an activating group) is 1. The lowest BCUT2D eigenvalue weighted by molar-refractivity contribution is 0.0778. The van der Waals surface area contributed by atoms with Crippen LogP contribution >= 0.6 is 12.2 Å². The summed E-state index contributed by atoms with van der Waals surface area (Å²) in [5.41, 5.74) is 6.07. The Balaban J connectivity index is 2.92. The third-order valence-electron chi connectivity index (χ3n) is 2.63. The number of methoxy groups -OCH3 is 1. The Morgan fingerprint density at radius 2 is 2.18 bits per heavy atom. The molecule has 0 heterocycles. The van der Waals surface area contributed by atoms with E-state index in [0.717, 1.165) is 0 Å². The van der Waals surface area contributed by atoms with Gasteiger partial charge in [-0.3, -0.25) is 4.79 Å². The zero-order chi connectivity index (χ0) is 13.0. The summed E-state index contributed by atoms with van der Waals surface area (Å²) >= 11 is 4.87. The summed E-state index contributed by atoms with van der Waals surface area (Å²) < 4.78 is 5.07. The molecule has 1 rings (SSSR count). The van der Waals surface area contributed by atoms with Crippen LogP contribution in [0.1, 0.15) is 17.3 Å². The van der Waals surface area contributed by atoms with Crippen LogP contribution in [0.5, 0.6) is 5.75 Å². The van der Waals surface area contributed by atoms with Crippen molar-refractivity contribution in [1.29, 1.82) is 0 Å². The van der Waals surface area contributed by atoms with Crippen LogP contribution in [-0.2, 0) is 0 Å². The second-order valence-electron chi connectivity index (χ2n) is 3.73. The summed E-state index contributed by atoms with van der Waals surface area (Å²) in [5, 5.41) is 0. The number of amides is 1. The molecule has 1 aromatic carbocycles. The van der Waals surface area contributed by atoms with Crippen molar-refractivity contribution in [3.63, 3.8) is 0 Å². The molecule has 92 valence electrons. The first kappa shape index (κ1) is 13.4. The fourth-order valence-electron chi connectivity index (χ4n) is 1.33. The molecule has 2 N–H and O–H groups in total. The van der Waals surface area contributed by atoms with E-state index < -0.39 is 0 Å². The number of ether oxygens (including phenoxy) is 1. The average Bonchev–Trinajstić information content (AvgIpc) is 2.36. The fraction of sp³-hybridized carbons (Fsp3) is 0.333. The largest absolute Gasteiger partial charge is 0.497 e. The van der Waals surface area contributed by atoms with Gasteiger partial charge in [-0.2, -0.15) is 0 Å². The second-order valence-corrected chi connectivity index (χ2v) is 4.20. The standard InChI is InChI=1S/C12H16N2O2S/c1-8(11(13)17)14(2)12(15)9-5-4-6-10(7-9)16-3/h4-8H,1-3H3,(H2,13,17). The summed E-state index contributed by atoms with van der Waals surface area (Å²) in [7, 11) is 3.23. The molecule has 1 atom stereocenters. The van der Waals surface area contributed by atoms with Crippen molar-refractivity contribution in [3.05, 3.63) is 29.8 Å². The van der Waals surface area contributed by atoms with Gasteiger partial charge in [0.05, 0.1) is 18.1 Å². The molecular formula is C12H16N2O2S. The van der Waals surface area contributed by atoms with Crippen molar-refractivity contribution in [2.75, 3.05) is 14.2 Å². The van der Waals surface area contributed by atoms with Gasteiger partial charge in [0, 0.05) is 12.6 Å². The van der Waals surface area contributed by atoms with Crippen molar-refractivity contribution < 1.29 is 9.53 Å². The zero-order valence-electron chi connectivity index (χ0n) is 10.1. The normalized spacial score (nSPS) is 11.7. The Morgan fingerprint density at radius 3 is 2.71 bits per heavy atom. The molecule has 4 nitrogen and oxygen atoms in total. The van der Waals surface area contributed by atoms with E-state index in [2.05, 4.69) is 0 Å². The fourth-order valence-corrected chi connectivity index (χ4v) is 1.48. The van der Waals surface area contributed by atoms with Gasteiger partial charge in [-0.05, 0) is 25.1 Å². The van der Waals surface area contributed by atoms with Crippen molar-refractivity contribution in [2.24, 2.45) is 5.73 Å². The van der Waals surface area contributed by atoms with E-state index in [1.165, 1.54) is 4.90 Å². The van der Waals surface area contributed by atoms with Crippen LogP contribution in [0, 0.1) is 0 Å². The Labute approximate surface area is 106 Å². The van der Waals surface area contributed by atoms with Crippen molar-refractivity contribution >= 4 is 23.1 Å². The lowest BCUT2D eigenvalue weighted by Crippen LogP contribution is -2.42. The number of rotatable bonds is 4. The molecule has 0 aliphatic heterocycles. The van der Waals surface area contributed by atoms with E-state index in [-0.39, 0.29) is 11.9 Å². The third kappa shape index (κ3) is 3.17. The highest BCUT2D eigenvalue weighted by Crippen LogP contribution is 2.14. The van der Waals surface area contributed by atoms with Crippen LogP contribution in [0.2, 0.25) is 0 Å². The van der Waals surface area contributed by atoms with Crippen LogP contribution in [0.25, 0.3) is 0 Å². The van der Waals surface area contributed by atoms with Gasteiger partial charge in [-0.25, -0.2) is 0 Å². The van der Waals surface area contributed by atoms with E-state index in [0.29, 0.717) is 16.3 Å². The van der Waals surface area contributed by atoms with Gasteiger partial charge in [0.2, 0.25) is 0 Å². The molecule has 0 aliphatic carbocycles. The molecule has 0 aliphatic rings. The first-order chi connectivity index (χ1) is 7.97. The first-order valence-electron chi connectivity index (χ1n) is 5.18. The zero-order valence-corrected chi connectivity index (χ0v) is 11.0. The molecule has 0 fully saturated rings. The van der Waals surface area contributed by atoms with E-state index in [9.17, 15) is 4.79 Å². The molecule has 0 bridgehead atoms. The SMILES string of the molecule is COc1cccc(C(=O)N(C)C(C)C(N)=S)c1. The Kier molecular flexibility index (Phi) is 4.45. The topological polar surface area (TPSA) is 55.6 Å². The molecule has 0 radical (unpaired) electrons. The molecule has 1 aromatic rings. The van der Waals surface area contributed by atoms with Crippen LogP contribution in [0.15, 0.2) is 24.3 Å². The Hall–Kier alpha value is -1.62. The van der Waals surface area contributed by atoms with Gasteiger partial charge in [0.1, 0.15) is 5.75 Å². The highest BCUT2D eigenvalue weighted by Gasteiger charge is 2.19. The van der Waals surface area contributed by atoms with E-state index in [1.807, 2.05) is 0 Å². The van der Waals surface area contributed by atoms with Gasteiger partial charge in [0.25, 0.3) is 5.91 Å². The maximum absolute atomic E-state index is 12.1. The first-order valence-corrected chi connectivity index (χ1v) is 5.58. The molecule has 0 aromatic heterocycles. The minimum atomic E-state index is -0.274. The monoisotopic (exact) mass is 252 g/mol. The van der Waals surface area contributed by atoms with E-state index in [1.54, 1.807) is 45.3 Å². The van der Waals surface area contributed by atoms with Crippen LogP contribution in [-0.4, -0.2) is 36.0 Å². The van der Waals surface area contributed by atoms with E-state index in [4.69, 9.17) is 22.7 Å². The second kappa shape index (κ2) is 5.63. The summed E-state index contributed by atoms with van der Waals surface area (Å²) in [6.45, 7) is 1.79. The number of hydrogen-bond acceptors (Lipinski definition) is 3. The highest BCUT2D eigenvalue weighted by molar-refractivity contribution is 7.80. The number of benzene rings is 1. The number of hydrogen-bond donors (Lipinski definition) is 1. The smallest absolute Gasteiger partial charge is 0.254 e. The maximum Gasteiger partial charge on any atom is 0.254 e. The molecule has 17 heavy (non-hydrogen) atoms. The van der Waals surface area contributed by atoms with Crippen LogP contribution in [0.3, 0.4) is 0 Å². The van der Waals surface area contributed by atoms with Crippen molar-refractivity contribution in [3.8, 4) is 5.75 Å². The highest BCUT2D eigenvalue weighted by atomic mass is 32.1. The molecule has 1 amide bonds. The summed E-state index contributed by atoms with van der Waals surface area (Å²) in [6.07, 6.45) is 0. The minimum absolute atomic E-state index is 0.135. The molecule has 1 unspecified atom stereocenters. The number of carbonyl (C=O) groups excluding carboxylic acids is 1. The maximum atomic E-state index is 12.1. The molecule has 0 spiro atoms. The molecule has 0 saturated carbocycles. The predicted molar refractivity (Wildman–Crippen MR) is 71.3 cm³/mol. The molecule has 0 saturated heterocycles. The number of carbonyl (C=O) groups is 1. The summed E-state index contributed by atoms with van der Waals surface area (Å²) in [5.74, 6) is 0.511. The van der Waals surface area contributed by atoms with Gasteiger partial charge < -0.3 is 15.4 Å². The van der Waals surface area contributed by atoms with Crippen molar-refractivity contribution in [1.82, 2.24) is 4.90 Å². The van der Waals surface area contributed by atoms with Gasteiger partial charge in [0.15, 0.2) is 0 Å². The number of thiocarbonyl (C=S) groups is 1. The number of nitrogens with two attached hydrogens (primary N) is 1. The minimum Gasteiger partial charge on any atom is -0.497 e. The lowest BCUT2D eigenvalue weighted by atomic mass is 10.1. The van der Waals surface area contributed by atoms with E-state index >= 15 is 0 Å². The summed E-state index contributed by atoms with van der Waals surface area (Å²) in [6, 6.07) is 6.70. The van der Waals surface area contributed by atoms with Crippen LogP contribution in [0.4, 0.5) is 0 Å². The predicted octanol–water partition coefficient (Wildman–Crippen LogP) is 1.44. The Bertz CT molecular complexity index is 434. The quantitative estimate of drug-likeness (QED) is 0.824. The molecular weight excluding hydrogens is 236 g/mol. The van der Waals surface area contributed by atoms with Crippen LogP contribution < -0.4 is 10.5 Å². The van der Waals surface area contributed by atoms with Gasteiger partial charge in [-0.15, -0.1) is 0 Å². The molecule has 5 heteroatoms. The summed E-state index contributed by atoms with van der Waals surface area (Å²) in [4.78, 5) is 13.9. The van der Waals surface area contributed by atoms with Crippen molar-refractivity contribution in [2.45, 2.75) is 13.0 Å².